The lowest BCUT2D eigenvalue weighted by Crippen LogP contribution is -2.32. The van der Waals surface area contributed by atoms with Crippen molar-refractivity contribution in [2.75, 3.05) is 5.75 Å². The van der Waals surface area contributed by atoms with Gasteiger partial charge in [0.25, 0.3) is 11.5 Å². The van der Waals surface area contributed by atoms with Crippen LogP contribution in [0.5, 0.6) is 0 Å². The third-order valence-electron chi connectivity index (χ3n) is 7.56. The van der Waals surface area contributed by atoms with E-state index in [1.165, 1.54) is 11.8 Å². The molecule has 1 fully saturated rings. The molecule has 0 bridgehead atoms. The lowest BCUT2D eigenvalue weighted by atomic mass is 10.1. The second-order valence-electron chi connectivity index (χ2n) is 10.3. The molecule has 1 amide bonds. The summed E-state index contributed by atoms with van der Waals surface area (Å²) in [6, 6.07) is 22.7. The Kier molecular flexibility index (Phi) is 7.26. The topological polar surface area (TPSA) is 96.8 Å². The van der Waals surface area contributed by atoms with E-state index >= 15 is 0 Å². The van der Waals surface area contributed by atoms with Gasteiger partial charge in [-0.3, -0.25) is 19.0 Å². The number of hydrogen-bond acceptors (Lipinski definition) is 5. The number of aryl methyl sites for hydroxylation is 1. The number of nitrogens with zero attached hydrogens (tertiary/aromatic N) is 2. The molecule has 0 saturated heterocycles. The van der Waals surface area contributed by atoms with Crippen molar-refractivity contribution < 1.29 is 9.59 Å². The first-order chi connectivity index (χ1) is 19.5. The molecule has 5 aromatic rings. The number of hydrogen-bond donors (Lipinski definition) is 2. The van der Waals surface area contributed by atoms with Gasteiger partial charge in [-0.25, -0.2) is 4.98 Å². The van der Waals surface area contributed by atoms with Crippen molar-refractivity contribution in [3.63, 3.8) is 0 Å². The molecule has 7 nitrogen and oxygen atoms in total. The van der Waals surface area contributed by atoms with Crippen molar-refractivity contribution in [2.45, 2.75) is 50.4 Å². The zero-order valence-corrected chi connectivity index (χ0v) is 23.1. The van der Waals surface area contributed by atoms with E-state index in [0.29, 0.717) is 33.7 Å². The number of rotatable bonds is 8. The highest BCUT2D eigenvalue weighted by Crippen LogP contribution is 2.26. The number of aromatic nitrogens is 3. The van der Waals surface area contributed by atoms with Crippen LogP contribution < -0.4 is 10.9 Å². The molecule has 40 heavy (non-hydrogen) atoms. The minimum absolute atomic E-state index is 0.0368. The summed E-state index contributed by atoms with van der Waals surface area (Å²) in [5.41, 5.74) is 4.08. The van der Waals surface area contributed by atoms with Crippen molar-refractivity contribution in [3.8, 4) is 0 Å². The first-order valence-electron chi connectivity index (χ1n) is 13.6. The lowest BCUT2D eigenvalue weighted by Gasteiger charge is -2.15. The van der Waals surface area contributed by atoms with Crippen LogP contribution in [-0.4, -0.2) is 38.0 Å². The molecule has 2 aromatic heterocycles. The Bertz CT molecular complexity index is 1790. The summed E-state index contributed by atoms with van der Waals surface area (Å²) in [6.07, 6.45) is 4.24. The normalized spacial score (nSPS) is 13.7. The third-order valence-corrected chi connectivity index (χ3v) is 8.54. The fraction of sp³-hybridized carbons (Fsp3) is 0.250. The van der Waals surface area contributed by atoms with Gasteiger partial charge in [-0.2, -0.15) is 0 Å². The van der Waals surface area contributed by atoms with Crippen molar-refractivity contribution in [1.82, 2.24) is 19.9 Å². The van der Waals surface area contributed by atoms with Crippen LogP contribution >= 0.6 is 11.8 Å². The Labute approximate surface area is 236 Å². The maximum atomic E-state index is 13.7. The Morgan fingerprint density at radius 3 is 2.55 bits per heavy atom. The van der Waals surface area contributed by atoms with Gasteiger partial charge in [-0.15, -0.1) is 0 Å². The molecule has 0 radical (unpaired) electrons. The molecule has 0 unspecified atom stereocenters. The second kappa shape index (κ2) is 11.1. The molecule has 1 aliphatic rings. The molecule has 6 rings (SSSR count). The number of fused-ring (bicyclic) bond motifs is 2. The van der Waals surface area contributed by atoms with Crippen molar-refractivity contribution in [3.05, 3.63) is 106 Å². The average molecular weight is 551 g/mol. The van der Waals surface area contributed by atoms with Crippen LogP contribution in [0.25, 0.3) is 21.8 Å². The summed E-state index contributed by atoms with van der Waals surface area (Å²) in [4.78, 5) is 48.2. The zero-order chi connectivity index (χ0) is 27.6. The number of carbonyl (C=O) groups excluding carboxylic acids is 2. The maximum absolute atomic E-state index is 13.7. The third kappa shape index (κ3) is 5.19. The second-order valence-corrected chi connectivity index (χ2v) is 11.3. The monoisotopic (exact) mass is 550 g/mol. The minimum atomic E-state index is -0.199. The van der Waals surface area contributed by atoms with Crippen molar-refractivity contribution in [2.24, 2.45) is 0 Å². The molecule has 2 heterocycles. The molecule has 1 aliphatic carbocycles. The molecule has 0 aliphatic heterocycles. The Hall–Kier alpha value is -4.17. The summed E-state index contributed by atoms with van der Waals surface area (Å²) in [5, 5.41) is 4.88. The highest BCUT2D eigenvalue weighted by molar-refractivity contribution is 7.99. The molecule has 202 valence electrons. The van der Waals surface area contributed by atoms with E-state index in [4.69, 9.17) is 4.98 Å². The van der Waals surface area contributed by atoms with Crippen molar-refractivity contribution >= 4 is 45.3 Å². The van der Waals surface area contributed by atoms with Gasteiger partial charge in [0, 0.05) is 33.8 Å². The first kappa shape index (κ1) is 26.1. The largest absolute Gasteiger partial charge is 0.358 e. The van der Waals surface area contributed by atoms with Gasteiger partial charge in [0.15, 0.2) is 10.9 Å². The van der Waals surface area contributed by atoms with Gasteiger partial charge in [-0.1, -0.05) is 73.1 Å². The molecular weight excluding hydrogens is 520 g/mol. The quantitative estimate of drug-likeness (QED) is 0.143. The molecule has 1 saturated carbocycles. The van der Waals surface area contributed by atoms with Crippen LogP contribution in [0, 0.1) is 6.92 Å². The van der Waals surface area contributed by atoms with Crippen LogP contribution in [0.2, 0.25) is 0 Å². The van der Waals surface area contributed by atoms with E-state index in [9.17, 15) is 14.4 Å². The van der Waals surface area contributed by atoms with Crippen LogP contribution in [0.15, 0.2) is 82.7 Å². The molecule has 0 spiro atoms. The molecule has 0 atom stereocenters. The number of carbonyl (C=O) groups is 2. The van der Waals surface area contributed by atoms with Crippen LogP contribution in [-0.2, 0) is 6.54 Å². The molecular formula is C32H30N4O3S. The Balaban J connectivity index is 1.35. The van der Waals surface area contributed by atoms with Gasteiger partial charge in [0.1, 0.15) is 0 Å². The number of thioether (sulfide) groups is 1. The number of para-hydroxylation sites is 1. The molecule has 2 N–H and O–H groups in total. The average Bonchev–Trinajstić information content (AvgIpc) is 3.60. The minimum Gasteiger partial charge on any atom is -0.358 e. The number of amides is 1. The predicted octanol–water partition coefficient (Wildman–Crippen LogP) is 5.88. The standard InChI is InChI=1S/C32H30N4O3S/c1-20-29(24-13-7-8-14-26(24)33-20)28(37)19-40-32-35-27-17-22(30(38)34-23-11-5-6-12-23)15-16-25(27)31(39)36(32)18-21-9-3-2-4-10-21/h2-4,7-10,13-17,23,33H,5-6,11-12,18-19H2,1H3,(H,34,38). The van der Waals surface area contributed by atoms with E-state index in [0.717, 1.165) is 47.8 Å². The van der Waals surface area contributed by atoms with Gasteiger partial charge >= 0.3 is 0 Å². The molecule has 8 heteroatoms. The zero-order valence-electron chi connectivity index (χ0n) is 22.3. The van der Waals surface area contributed by atoms with E-state index < -0.39 is 0 Å². The number of H-pyrrole nitrogens is 1. The van der Waals surface area contributed by atoms with E-state index in [-0.39, 0.29) is 29.0 Å². The lowest BCUT2D eigenvalue weighted by molar-refractivity contribution is 0.0937. The number of benzene rings is 3. The Morgan fingerprint density at radius 2 is 1.75 bits per heavy atom. The fourth-order valence-electron chi connectivity index (χ4n) is 5.53. The highest BCUT2D eigenvalue weighted by atomic mass is 32.2. The van der Waals surface area contributed by atoms with Gasteiger partial charge in [-0.05, 0) is 49.6 Å². The summed E-state index contributed by atoms with van der Waals surface area (Å²) in [5.74, 6) is -0.0643. The number of Topliss-reactive ketones (excluding diaryl/α,β-unsaturated/α-hetero) is 1. The van der Waals surface area contributed by atoms with Crippen LogP contribution in [0.4, 0.5) is 0 Å². The fourth-order valence-corrected chi connectivity index (χ4v) is 6.41. The van der Waals surface area contributed by atoms with Crippen molar-refractivity contribution in [1.29, 1.82) is 0 Å². The summed E-state index contributed by atoms with van der Waals surface area (Å²) < 4.78 is 1.62. The Morgan fingerprint density at radius 1 is 1.00 bits per heavy atom. The smallest absolute Gasteiger partial charge is 0.262 e. The van der Waals surface area contributed by atoms with Crippen LogP contribution in [0.1, 0.15) is 57.7 Å². The van der Waals surface area contributed by atoms with E-state index in [2.05, 4.69) is 10.3 Å². The van der Waals surface area contributed by atoms with E-state index in [1.54, 1.807) is 22.8 Å². The SMILES string of the molecule is Cc1[nH]c2ccccc2c1C(=O)CSc1nc2cc(C(=O)NC3CCCC3)ccc2c(=O)n1Cc1ccccc1. The van der Waals surface area contributed by atoms with Gasteiger partial charge in [0.05, 0.1) is 23.2 Å². The maximum Gasteiger partial charge on any atom is 0.262 e. The number of ketones is 1. The predicted molar refractivity (Wildman–Crippen MR) is 159 cm³/mol. The summed E-state index contributed by atoms with van der Waals surface area (Å²) >= 11 is 1.25. The summed E-state index contributed by atoms with van der Waals surface area (Å²) in [7, 11) is 0. The first-order valence-corrected chi connectivity index (χ1v) is 14.6. The van der Waals surface area contributed by atoms with Crippen LogP contribution in [0.3, 0.4) is 0 Å². The van der Waals surface area contributed by atoms with Gasteiger partial charge in [0.2, 0.25) is 0 Å². The van der Waals surface area contributed by atoms with Gasteiger partial charge < -0.3 is 10.3 Å². The number of aromatic amines is 1. The highest BCUT2D eigenvalue weighted by Gasteiger charge is 2.21. The summed E-state index contributed by atoms with van der Waals surface area (Å²) in [6.45, 7) is 2.23. The molecule has 3 aromatic carbocycles. The number of nitrogens with one attached hydrogen (secondary N) is 2. The van der Waals surface area contributed by atoms with E-state index in [1.807, 2.05) is 61.5 Å².